The lowest BCUT2D eigenvalue weighted by Gasteiger charge is -2.32. The summed E-state index contributed by atoms with van der Waals surface area (Å²) in [6.45, 7) is 11.4. The van der Waals surface area contributed by atoms with Gasteiger partial charge in [-0.25, -0.2) is 14.7 Å². The number of aryl methyl sites for hydroxylation is 3. The first-order valence-electron chi connectivity index (χ1n) is 15.8. The van der Waals surface area contributed by atoms with E-state index in [1.165, 1.54) is 12.0 Å². The first kappa shape index (κ1) is 34.3. The molecule has 1 fully saturated rings. The molecule has 4 aromatic rings. The molecule has 0 bridgehead atoms. The monoisotopic (exact) mass is 656 g/mol. The Bertz CT molecular complexity index is 1700. The highest BCUT2D eigenvalue weighted by Crippen LogP contribution is 2.38. The van der Waals surface area contributed by atoms with Crippen LogP contribution in [0.3, 0.4) is 0 Å². The summed E-state index contributed by atoms with van der Waals surface area (Å²) in [5.74, 6) is 3.18. The van der Waals surface area contributed by atoms with Crippen molar-refractivity contribution >= 4 is 29.2 Å². The molecule has 12 heteroatoms. The minimum absolute atomic E-state index is 0.256. The number of benzene rings is 3. The van der Waals surface area contributed by atoms with Crippen LogP contribution >= 0.6 is 0 Å². The van der Waals surface area contributed by atoms with Gasteiger partial charge in [0.1, 0.15) is 29.7 Å². The van der Waals surface area contributed by atoms with Gasteiger partial charge in [0.05, 0.1) is 27.0 Å². The lowest BCUT2D eigenvalue weighted by molar-refractivity contribution is 0.133. The van der Waals surface area contributed by atoms with Gasteiger partial charge in [-0.3, -0.25) is 4.90 Å². The van der Waals surface area contributed by atoms with Gasteiger partial charge in [-0.15, -0.1) is 0 Å². The Morgan fingerprint density at radius 2 is 1.58 bits per heavy atom. The molecule has 0 spiro atoms. The molecule has 0 saturated carbocycles. The number of aromatic nitrogens is 2. The van der Waals surface area contributed by atoms with Crippen LogP contribution in [0.5, 0.6) is 28.7 Å². The van der Waals surface area contributed by atoms with E-state index in [9.17, 15) is 4.79 Å². The van der Waals surface area contributed by atoms with Crippen molar-refractivity contribution in [3.05, 3.63) is 77.5 Å². The van der Waals surface area contributed by atoms with E-state index in [0.29, 0.717) is 46.7 Å². The van der Waals surface area contributed by atoms with Crippen LogP contribution in [-0.4, -0.2) is 93.6 Å². The van der Waals surface area contributed by atoms with Gasteiger partial charge in [-0.1, -0.05) is 17.7 Å². The molecule has 1 aromatic heterocycles. The topological polar surface area (TPSA) is 111 Å². The lowest BCUT2D eigenvalue weighted by Crippen LogP contribution is -2.45. The minimum atomic E-state index is -0.669. The Hall–Kier alpha value is -5.07. The fraction of sp³-hybridized carbons (Fsp3) is 0.361. The molecule has 254 valence electrons. The average molecular weight is 657 g/mol. The average Bonchev–Trinajstić information content (AvgIpc) is 3.08. The maximum atomic E-state index is 14.0. The van der Waals surface area contributed by atoms with Crippen LogP contribution in [0.15, 0.2) is 60.8 Å². The van der Waals surface area contributed by atoms with Crippen molar-refractivity contribution in [2.24, 2.45) is 0 Å². The van der Waals surface area contributed by atoms with Crippen molar-refractivity contribution in [2.45, 2.75) is 20.8 Å². The van der Waals surface area contributed by atoms with Crippen LogP contribution in [0, 0.1) is 20.8 Å². The summed E-state index contributed by atoms with van der Waals surface area (Å²) in [7, 11) is 6.84. The molecular formula is C36H44N6O6. The van der Waals surface area contributed by atoms with Crippen molar-refractivity contribution in [3.63, 3.8) is 0 Å². The molecule has 1 aliphatic rings. The van der Waals surface area contributed by atoms with Gasteiger partial charge in [-0.05, 0) is 63.2 Å². The van der Waals surface area contributed by atoms with Gasteiger partial charge in [0.15, 0.2) is 11.5 Å². The predicted octanol–water partition coefficient (Wildman–Crippen LogP) is 6.13. The predicted molar refractivity (Wildman–Crippen MR) is 186 cm³/mol. The van der Waals surface area contributed by atoms with Crippen LogP contribution in [0.4, 0.5) is 27.9 Å². The van der Waals surface area contributed by atoms with Crippen LogP contribution in [-0.2, 0) is 0 Å². The van der Waals surface area contributed by atoms with E-state index >= 15 is 0 Å². The van der Waals surface area contributed by atoms with Crippen molar-refractivity contribution in [3.8, 4) is 28.7 Å². The van der Waals surface area contributed by atoms with Crippen molar-refractivity contribution in [1.82, 2.24) is 19.8 Å². The van der Waals surface area contributed by atoms with Crippen molar-refractivity contribution in [1.29, 1.82) is 0 Å². The molecule has 1 N–H and O–H groups in total. The van der Waals surface area contributed by atoms with Crippen LogP contribution in [0.1, 0.15) is 16.7 Å². The molecule has 3 aromatic carbocycles. The quantitative estimate of drug-likeness (QED) is 0.190. The summed E-state index contributed by atoms with van der Waals surface area (Å²) in [4.78, 5) is 29.2. The summed E-state index contributed by atoms with van der Waals surface area (Å²) < 4.78 is 28.8. The van der Waals surface area contributed by atoms with Crippen LogP contribution < -0.4 is 33.9 Å². The van der Waals surface area contributed by atoms with Gasteiger partial charge in [-0.2, -0.15) is 4.98 Å². The molecule has 0 atom stereocenters. The number of anilines is 4. The number of carbonyl (C=O) groups is 1. The molecule has 12 nitrogen and oxygen atoms in total. The van der Waals surface area contributed by atoms with Gasteiger partial charge >= 0.3 is 6.09 Å². The standard InChI is InChI=1S/C36H44N6O6/c1-24-20-25(2)34(26(3)21-24)48-36(43)42(29-10-9-28(44-5)23-31(29)45-6)33-12-13-37-35(39-33)38-27-8-11-30(32(22-27)46-7)47-19-18-41-16-14-40(4)15-17-41/h8-13,20-23H,14-19H2,1-7H3,(H,37,38,39). The van der Waals surface area contributed by atoms with E-state index < -0.39 is 6.09 Å². The van der Waals surface area contributed by atoms with E-state index in [0.717, 1.165) is 49.4 Å². The summed E-state index contributed by atoms with van der Waals surface area (Å²) in [6.07, 6.45) is 0.897. The first-order valence-corrected chi connectivity index (χ1v) is 15.8. The second-order valence-electron chi connectivity index (χ2n) is 11.7. The molecular weight excluding hydrogens is 612 g/mol. The fourth-order valence-corrected chi connectivity index (χ4v) is 5.63. The van der Waals surface area contributed by atoms with Crippen LogP contribution in [0.2, 0.25) is 0 Å². The summed E-state index contributed by atoms with van der Waals surface area (Å²) >= 11 is 0. The molecule has 1 amide bonds. The summed E-state index contributed by atoms with van der Waals surface area (Å²) in [5.41, 5.74) is 3.85. The number of amides is 1. The van der Waals surface area contributed by atoms with Gasteiger partial charge in [0.2, 0.25) is 5.95 Å². The van der Waals surface area contributed by atoms with E-state index in [1.54, 1.807) is 44.7 Å². The zero-order chi connectivity index (χ0) is 34.2. The molecule has 1 aliphatic heterocycles. The zero-order valence-electron chi connectivity index (χ0n) is 28.7. The highest BCUT2D eigenvalue weighted by atomic mass is 16.6. The molecule has 0 aliphatic carbocycles. The normalized spacial score (nSPS) is 13.5. The van der Waals surface area contributed by atoms with E-state index in [1.807, 2.05) is 51.1 Å². The number of likely N-dealkylation sites (N-methyl/N-ethyl adjacent to an activating group) is 1. The van der Waals surface area contributed by atoms with Gasteiger partial charge in [0.25, 0.3) is 0 Å². The molecule has 5 rings (SSSR count). The molecule has 48 heavy (non-hydrogen) atoms. The largest absolute Gasteiger partial charge is 0.497 e. The Morgan fingerprint density at radius 1 is 0.854 bits per heavy atom. The number of ether oxygens (including phenoxy) is 5. The van der Waals surface area contributed by atoms with E-state index in [-0.39, 0.29) is 11.8 Å². The number of nitrogens with one attached hydrogen (secondary N) is 1. The number of hydrogen-bond donors (Lipinski definition) is 1. The zero-order valence-corrected chi connectivity index (χ0v) is 28.7. The Labute approximate surface area is 282 Å². The molecule has 1 saturated heterocycles. The molecule has 2 heterocycles. The van der Waals surface area contributed by atoms with Gasteiger partial charge in [0, 0.05) is 62.8 Å². The van der Waals surface area contributed by atoms with Gasteiger partial charge < -0.3 is 33.9 Å². The Balaban J connectivity index is 1.39. The third-order valence-electron chi connectivity index (χ3n) is 8.16. The summed E-state index contributed by atoms with van der Waals surface area (Å²) in [6, 6.07) is 16.3. The summed E-state index contributed by atoms with van der Waals surface area (Å²) in [5, 5.41) is 3.22. The second-order valence-corrected chi connectivity index (χ2v) is 11.7. The smallest absolute Gasteiger partial charge is 0.425 e. The number of nitrogens with zero attached hydrogens (tertiary/aromatic N) is 5. The number of piperazine rings is 1. The Morgan fingerprint density at radius 3 is 2.27 bits per heavy atom. The Kier molecular flexibility index (Phi) is 11.2. The van der Waals surface area contributed by atoms with Crippen molar-refractivity contribution < 1.29 is 28.5 Å². The second kappa shape index (κ2) is 15.7. The van der Waals surface area contributed by atoms with Crippen molar-refractivity contribution in [2.75, 3.05) is 77.9 Å². The van der Waals surface area contributed by atoms with E-state index in [2.05, 4.69) is 27.1 Å². The van der Waals surface area contributed by atoms with Crippen LogP contribution in [0.25, 0.3) is 0 Å². The SMILES string of the molecule is COc1ccc(N(C(=O)Oc2c(C)cc(C)cc2C)c2ccnc(Nc3ccc(OCCN4CCN(C)CC4)c(OC)c3)n2)c(OC)c1. The number of hydrogen-bond acceptors (Lipinski definition) is 11. The third-order valence-corrected chi connectivity index (χ3v) is 8.16. The number of rotatable bonds is 12. The highest BCUT2D eigenvalue weighted by Gasteiger charge is 2.27. The molecule has 0 unspecified atom stereocenters. The lowest BCUT2D eigenvalue weighted by atomic mass is 10.1. The minimum Gasteiger partial charge on any atom is -0.497 e. The maximum Gasteiger partial charge on any atom is 0.425 e. The maximum absolute atomic E-state index is 14.0. The molecule has 0 radical (unpaired) electrons. The fourth-order valence-electron chi connectivity index (χ4n) is 5.63. The third kappa shape index (κ3) is 8.25. The number of carbonyl (C=O) groups excluding carboxylic acids is 1. The first-order chi connectivity index (χ1) is 23.2. The highest BCUT2D eigenvalue weighted by molar-refractivity contribution is 5.98. The number of methoxy groups -OCH3 is 3. The van der Waals surface area contributed by atoms with E-state index in [4.69, 9.17) is 28.7 Å².